The van der Waals surface area contributed by atoms with Crippen molar-refractivity contribution in [1.29, 1.82) is 0 Å². The molecule has 0 fully saturated rings. The topological polar surface area (TPSA) is 63.2 Å². The third kappa shape index (κ3) is 3.53. The lowest BCUT2D eigenvalue weighted by atomic mass is 10.1. The zero-order chi connectivity index (χ0) is 15.9. The summed E-state index contributed by atoms with van der Waals surface area (Å²) in [7, 11) is 0. The van der Waals surface area contributed by atoms with Crippen LogP contribution in [0.3, 0.4) is 0 Å². The largest absolute Gasteiger partial charge is 0.503 e. The molecule has 120 valence electrons. The van der Waals surface area contributed by atoms with Gasteiger partial charge in [0, 0.05) is 31.0 Å². The second-order valence-corrected chi connectivity index (χ2v) is 5.39. The maximum Gasteiger partial charge on any atom is 0.235 e. The van der Waals surface area contributed by atoms with Gasteiger partial charge in [-0.15, -0.1) is 0 Å². The van der Waals surface area contributed by atoms with Crippen molar-refractivity contribution in [3.63, 3.8) is 0 Å². The molecule has 0 aliphatic rings. The van der Waals surface area contributed by atoms with E-state index in [0.717, 1.165) is 37.1 Å². The van der Waals surface area contributed by atoms with Gasteiger partial charge in [-0.3, -0.25) is 0 Å². The Hall–Kier alpha value is -2.17. The van der Waals surface area contributed by atoms with E-state index in [0.29, 0.717) is 13.0 Å². The number of aryl methyl sites for hydroxylation is 1. The molecule has 0 aromatic carbocycles. The lowest BCUT2D eigenvalue weighted by Gasteiger charge is -2.09. The van der Waals surface area contributed by atoms with Gasteiger partial charge in [0.05, 0.1) is 12.0 Å². The third-order valence-corrected chi connectivity index (χ3v) is 3.80. The van der Waals surface area contributed by atoms with E-state index in [2.05, 4.69) is 18.0 Å². The predicted molar refractivity (Wildman–Crippen MR) is 87.9 cm³/mol. The second-order valence-electron chi connectivity index (χ2n) is 5.39. The summed E-state index contributed by atoms with van der Waals surface area (Å²) >= 11 is 0. The number of aromatic nitrogens is 3. The van der Waals surface area contributed by atoms with Gasteiger partial charge in [-0.25, -0.2) is 4.98 Å². The van der Waals surface area contributed by atoms with Gasteiger partial charge in [0.2, 0.25) is 5.88 Å². The molecule has 2 aromatic rings. The van der Waals surface area contributed by atoms with Crippen LogP contribution < -0.4 is 0 Å². The molecule has 22 heavy (non-hydrogen) atoms. The molecule has 0 spiro atoms. The minimum absolute atomic E-state index is 0.0151. The van der Waals surface area contributed by atoms with Gasteiger partial charge in [-0.1, -0.05) is 26.3 Å². The summed E-state index contributed by atoms with van der Waals surface area (Å²) in [5.41, 5.74) is 1.73. The fourth-order valence-electron chi connectivity index (χ4n) is 2.62. The SMILES string of the molecule is CCCC=Cc1c(CC)c(O)c(O)n1CCCn1ccnc1. The molecule has 0 atom stereocenters. The van der Waals surface area contributed by atoms with E-state index >= 15 is 0 Å². The molecule has 0 unspecified atom stereocenters. The van der Waals surface area contributed by atoms with Crippen LogP contribution in [0.1, 0.15) is 44.4 Å². The van der Waals surface area contributed by atoms with E-state index in [1.807, 2.05) is 23.8 Å². The van der Waals surface area contributed by atoms with Gasteiger partial charge in [-0.2, -0.15) is 0 Å². The molecule has 0 aliphatic carbocycles. The van der Waals surface area contributed by atoms with E-state index in [1.54, 1.807) is 17.1 Å². The minimum atomic E-state index is -0.0290. The molecule has 0 saturated heterocycles. The molecule has 0 radical (unpaired) electrons. The molecule has 0 saturated carbocycles. The Morgan fingerprint density at radius 1 is 1.23 bits per heavy atom. The lowest BCUT2D eigenvalue weighted by molar-refractivity contribution is 0.366. The Labute approximate surface area is 131 Å². The van der Waals surface area contributed by atoms with Gasteiger partial charge >= 0.3 is 0 Å². The quantitative estimate of drug-likeness (QED) is 0.783. The molecule has 2 aromatic heterocycles. The smallest absolute Gasteiger partial charge is 0.235 e. The van der Waals surface area contributed by atoms with Crippen molar-refractivity contribution in [2.24, 2.45) is 0 Å². The first-order valence-electron chi connectivity index (χ1n) is 7.94. The zero-order valence-corrected chi connectivity index (χ0v) is 13.4. The van der Waals surface area contributed by atoms with E-state index < -0.39 is 0 Å². The standard InChI is InChI=1S/C17H25N3O2/c1-3-5-6-8-15-14(4-2)16(21)17(22)20(15)11-7-10-19-12-9-18-13-19/h6,8-9,12-13,21-22H,3-5,7,10-11H2,1-2H3. The minimum Gasteiger partial charge on any atom is -0.503 e. The Balaban J connectivity index is 2.16. The first-order chi connectivity index (χ1) is 10.7. The monoisotopic (exact) mass is 303 g/mol. The number of hydrogen-bond acceptors (Lipinski definition) is 3. The summed E-state index contributed by atoms with van der Waals surface area (Å²) < 4.78 is 3.81. The maximum absolute atomic E-state index is 10.2. The van der Waals surface area contributed by atoms with Crippen LogP contribution in [0.5, 0.6) is 11.6 Å². The molecule has 0 amide bonds. The number of imidazole rings is 1. The zero-order valence-electron chi connectivity index (χ0n) is 13.4. The highest BCUT2D eigenvalue weighted by Crippen LogP contribution is 2.36. The first-order valence-corrected chi connectivity index (χ1v) is 7.94. The normalized spacial score (nSPS) is 11.5. The Kier molecular flexibility index (Phi) is 5.69. The van der Waals surface area contributed by atoms with Crippen molar-refractivity contribution < 1.29 is 10.2 Å². The van der Waals surface area contributed by atoms with Gasteiger partial charge in [-0.05, 0) is 25.3 Å². The highest BCUT2D eigenvalue weighted by molar-refractivity contribution is 5.60. The number of aromatic hydroxyl groups is 2. The molecule has 0 bridgehead atoms. The third-order valence-electron chi connectivity index (χ3n) is 3.80. The number of nitrogens with zero attached hydrogens (tertiary/aromatic N) is 3. The first kappa shape index (κ1) is 16.2. The Morgan fingerprint density at radius 3 is 2.68 bits per heavy atom. The molecule has 5 nitrogen and oxygen atoms in total. The van der Waals surface area contributed by atoms with Crippen LogP contribution in [0.4, 0.5) is 0 Å². The van der Waals surface area contributed by atoms with Crippen molar-refractivity contribution in [2.45, 2.75) is 52.6 Å². The molecule has 0 aliphatic heterocycles. The van der Waals surface area contributed by atoms with Gasteiger partial charge in [0.25, 0.3) is 0 Å². The molecule has 5 heteroatoms. The van der Waals surface area contributed by atoms with Crippen LogP contribution in [0.25, 0.3) is 6.08 Å². The van der Waals surface area contributed by atoms with Crippen LogP contribution in [-0.4, -0.2) is 24.3 Å². The highest BCUT2D eigenvalue weighted by Gasteiger charge is 2.18. The van der Waals surface area contributed by atoms with Crippen molar-refractivity contribution in [3.8, 4) is 11.6 Å². The average molecular weight is 303 g/mol. The summed E-state index contributed by atoms with van der Waals surface area (Å²) in [4.78, 5) is 4.02. The van der Waals surface area contributed by atoms with E-state index in [4.69, 9.17) is 0 Å². The van der Waals surface area contributed by atoms with Crippen molar-refractivity contribution in [2.75, 3.05) is 0 Å². The van der Waals surface area contributed by atoms with E-state index in [9.17, 15) is 10.2 Å². The van der Waals surface area contributed by atoms with Crippen LogP contribution in [0, 0.1) is 0 Å². The molecular formula is C17H25N3O2. The van der Waals surface area contributed by atoms with Crippen molar-refractivity contribution >= 4 is 6.08 Å². The van der Waals surface area contributed by atoms with Crippen LogP contribution in [0.2, 0.25) is 0 Å². The summed E-state index contributed by atoms with van der Waals surface area (Å²) in [5, 5.41) is 20.3. The van der Waals surface area contributed by atoms with Gasteiger partial charge in [0.1, 0.15) is 0 Å². The van der Waals surface area contributed by atoms with Crippen molar-refractivity contribution in [3.05, 3.63) is 36.1 Å². The number of rotatable bonds is 8. The summed E-state index contributed by atoms with van der Waals surface area (Å²) in [6.45, 7) is 5.60. The summed E-state index contributed by atoms with van der Waals surface area (Å²) in [5.74, 6) is -0.0140. The van der Waals surface area contributed by atoms with Gasteiger partial charge < -0.3 is 19.3 Å². The predicted octanol–water partition coefficient (Wildman–Crippen LogP) is 3.56. The number of unbranched alkanes of at least 4 members (excludes halogenated alkanes) is 1. The molecule has 2 N–H and O–H groups in total. The molecular weight excluding hydrogens is 278 g/mol. The van der Waals surface area contributed by atoms with Crippen molar-refractivity contribution in [1.82, 2.24) is 14.1 Å². The van der Waals surface area contributed by atoms with Gasteiger partial charge in [0.15, 0.2) is 5.75 Å². The summed E-state index contributed by atoms with van der Waals surface area (Å²) in [6.07, 6.45) is 13.2. The van der Waals surface area contributed by atoms with Crippen LogP contribution in [0.15, 0.2) is 24.8 Å². The van der Waals surface area contributed by atoms with E-state index in [1.165, 1.54) is 0 Å². The summed E-state index contributed by atoms with van der Waals surface area (Å²) in [6, 6.07) is 0. The lowest BCUT2D eigenvalue weighted by Crippen LogP contribution is -2.04. The number of allylic oxidation sites excluding steroid dienone is 1. The maximum atomic E-state index is 10.2. The second kappa shape index (κ2) is 7.73. The average Bonchev–Trinajstić information content (AvgIpc) is 3.10. The Morgan fingerprint density at radius 2 is 2.05 bits per heavy atom. The molecule has 2 rings (SSSR count). The van der Waals surface area contributed by atoms with Crippen LogP contribution >= 0.6 is 0 Å². The molecule has 2 heterocycles. The van der Waals surface area contributed by atoms with Crippen LogP contribution in [-0.2, 0) is 19.5 Å². The number of hydrogen-bond donors (Lipinski definition) is 2. The Bertz CT molecular complexity index is 612. The fraction of sp³-hybridized carbons (Fsp3) is 0.471. The van der Waals surface area contributed by atoms with E-state index in [-0.39, 0.29) is 11.6 Å². The fourth-order valence-corrected chi connectivity index (χ4v) is 2.62. The highest BCUT2D eigenvalue weighted by atomic mass is 16.3.